The molecule has 0 spiro atoms. The van der Waals surface area contributed by atoms with Crippen molar-refractivity contribution < 1.29 is 22.8 Å². The highest BCUT2D eigenvalue weighted by molar-refractivity contribution is 5.98. The van der Waals surface area contributed by atoms with Crippen LogP contribution in [0.2, 0.25) is 0 Å². The highest BCUT2D eigenvalue weighted by Crippen LogP contribution is 2.27. The molecule has 1 fully saturated rings. The lowest BCUT2D eigenvalue weighted by Gasteiger charge is -2.31. The maximum atomic E-state index is 13.4. The van der Waals surface area contributed by atoms with E-state index in [9.17, 15) is 22.8 Å². The lowest BCUT2D eigenvalue weighted by atomic mass is 10.0. The summed E-state index contributed by atoms with van der Waals surface area (Å²) in [7, 11) is 0. The predicted octanol–water partition coefficient (Wildman–Crippen LogP) is 4.45. The Morgan fingerprint density at radius 1 is 0.975 bits per heavy atom. The molecule has 1 aromatic heterocycles. The quantitative estimate of drug-likeness (QED) is 0.363. The van der Waals surface area contributed by atoms with Gasteiger partial charge in [-0.1, -0.05) is 17.9 Å². The van der Waals surface area contributed by atoms with Gasteiger partial charge in [0.25, 0.3) is 11.8 Å². The average Bonchev–Trinajstić information content (AvgIpc) is 2.94. The van der Waals surface area contributed by atoms with Crippen LogP contribution >= 0.6 is 0 Å². The zero-order valence-corrected chi connectivity index (χ0v) is 21.9. The fourth-order valence-electron chi connectivity index (χ4n) is 4.16. The summed E-state index contributed by atoms with van der Waals surface area (Å²) < 4.78 is 40.1. The Labute approximate surface area is 231 Å². The van der Waals surface area contributed by atoms with Crippen molar-refractivity contribution in [2.75, 3.05) is 38.0 Å². The first-order chi connectivity index (χ1) is 19.3. The third-order valence-electron chi connectivity index (χ3n) is 6.43. The molecule has 0 aliphatic carbocycles. The second-order valence-electron chi connectivity index (χ2n) is 9.46. The molecule has 1 aliphatic rings. The van der Waals surface area contributed by atoms with Crippen LogP contribution in [-0.2, 0) is 6.42 Å². The largest absolute Gasteiger partial charge is 0.351 e. The summed E-state index contributed by atoms with van der Waals surface area (Å²) in [6.07, 6.45) is 3.67. The summed E-state index contributed by atoms with van der Waals surface area (Å²) in [6.45, 7) is 1.71. The van der Waals surface area contributed by atoms with Gasteiger partial charge in [0.2, 0.25) is 0 Å². The first-order valence-electron chi connectivity index (χ1n) is 13.0. The number of benzene rings is 2. The number of nitrogens with zero attached hydrogens (tertiary/aromatic N) is 2. The highest BCUT2D eigenvalue weighted by atomic mass is 19.3. The first-order valence-corrected chi connectivity index (χ1v) is 13.0. The Hall–Kier alpha value is -4.36. The SMILES string of the molecule is O=C(NCCc1cccnc1)Nc1ccc(C(=O)NCCN2CCC(F)(F)CC2)c(C#Cc2ccc(F)cc2)c1. The number of anilines is 1. The zero-order chi connectivity index (χ0) is 28.4. The van der Waals surface area contributed by atoms with Gasteiger partial charge in [-0.25, -0.2) is 18.0 Å². The topological polar surface area (TPSA) is 86.4 Å². The van der Waals surface area contributed by atoms with Crippen LogP contribution in [-0.4, -0.2) is 60.5 Å². The average molecular weight is 550 g/mol. The van der Waals surface area contributed by atoms with Crippen LogP contribution in [0.15, 0.2) is 67.0 Å². The van der Waals surface area contributed by atoms with Gasteiger partial charge in [-0.2, -0.15) is 0 Å². The zero-order valence-electron chi connectivity index (χ0n) is 21.9. The fraction of sp³-hybridized carbons (Fsp3) is 0.300. The summed E-state index contributed by atoms with van der Waals surface area (Å²) in [5.41, 5.74) is 2.65. The van der Waals surface area contributed by atoms with Crippen LogP contribution in [0.25, 0.3) is 0 Å². The van der Waals surface area contributed by atoms with Crippen LogP contribution in [0, 0.1) is 17.7 Å². The van der Waals surface area contributed by atoms with E-state index < -0.39 is 12.0 Å². The van der Waals surface area contributed by atoms with Gasteiger partial charge in [0.05, 0.1) is 5.56 Å². The number of rotatable bonds is 8. The van der Waals surface area contributed by atoms with Gasteiger partial charge in [0.1, 0.15) is 5.82 Å². The number of piperidine rings is 1. The predicted molar refractivity (Wildman–Crippen MR) is 147 cm³/mol. The lowest BCUT2D eigenvalue weighted by Crippen LogP contribution is -2.43. The van der Waals surface area contributed by atoms with Crippen LogP contribution < -0.4 is 16.0 Å². The van der Waals surface area contributed by atoms with Crippen LogP contribution in [0.1, 0.15) is 39.9 Å². The van der Waals surface area contributed by atoms with Gasteiger partial charge in [0.15, 0.2) is 0 Å². The molecule has 7 nitrogen and oxygen atoms in total. The molecule has 10 heteroatoms. The molecular formula is C30H30F3N5O2. The maximum Gasteiger partial charge on any atom is 0.319 e. The third kappa shape index (κ3) is 8.85. The number of hydrogen-bond donors (Lipinski definition) is 3. The van der Waals surface area contributed by atoms with E-state index in [1.54, 1.807) is 30.6 Å². The van der Waals surface area contributed by atoms with Crippen molar-refractivity contribution in [1.82, 2.24) is 20.5 Å². The summed E-state index contributed by atoms with van der Waals surface area (Å²) in [4.78, 5) is 31.4. The number of alkyl halides is 2. The van der Waals surface area contributed by atoms with E-state index in [0.29, 0.717) is 41.9 Å². The molecule has 0 unspecified atom stereocenters. The Balaban J connectivity index is 1.40. The van der Waals surface area contributed by atoms with Crippen molar-refractivity contribution in [3.8, 4) is 11.8 Å². The molecule has 4 rings (SSSR count). The Morgan fingerprint density at radius 3 is 2.48 bits per heavy atom. The Morgan fingerprint density at radius 2 is 1.75 bits per heavy atom. The monoisotopic (exact) mass is 549 g/mol. The molecule has 3 amide bonds. The summed E-state index contributed by atoms with van der Waals surface area (Å²) >= 11 is 0. The fourth-order valence-corrected chi connectivity index (χ4v) is 4.16. The van der Waals surface area contributed by atoms with Gasteiger partial charge < -0.3 is 20.9 Å². The standard InChI is InChI=1S/C30H30F3N5O2/c31-25-7-4-22(5-8-25)3-6-24-20-26(37-29(40)36-15-11-23-2-1-14-34-21-23)9-10-27(24)28(39)35-16-19-38-17-12-30(32,33)13-18-38/h1-2,4-5,7-10,14,20-21H,11-13,15-19H2,(H,35,39)(H2,36,37,40). The molecule has 1 saturated heterocycles. The number of aromatic nitrogens is 1. The molecule has 40 heavy (non-hydrogen) atoms. The molecule has 0 saturated carbocycles. The van der Waals surface area contributed by atoms with Crippen molar-refractivity contribution in [2.45, 2.75) is 25.2 Å². The van der Waals surface area contributed by atoms with Gasteiger partial charge >= 0.3 is 6.03 Å². The van der Waals surface area contributed by atoms with E-state index in [1.165, 1.54) is 24.3 Å². The maximum absolute atomic E-state index is 13.4. The normalized spacial score (nSPS) is 14.5. The summed E-state index contributed by atoms with van der Waals surface area (Å²) in [5, 5.41) is 8.36. The summed E-state index contributed by atoms with van der Waals surface area (Å²) in [5.74, 6) is 2.49. The Kier molecular flexibility index (Phi) is 9.76. The number of likely N-dealkylation sites (tertiary alicyclic amines) is 1. The number of amides is 3. The molecular weight excluding hydrogens is 519 g/mol. The van der Waals surface area contributed by atoms with Crippen molar-refractivity contribution in [3.63, 3.8) is 0 Å². The molecule has 2 aromatic carbocycles. The molecule has 2 heterocycles. The van der Waals surface area contributed by atoms with Crippen LogP contribution in [0.3, 0.4) is 0 Å². The smallest absolute Gasteiger partial charge is 0.319 e. The van der Waals surface area contributed by atoms with Gasteiger partial charge in [-0.05, 0) is 60.5 Å². The van der Waals surface area contributed by atoms with E-state index in [0.717, 1.165) is 5.56 Å². The minimum atomic E-state index is -2.62. The number of urea groups is 1. The van der Waals surface area contributed by atoms with Crippen molar-refractivity contribution in [3.05, 3.63) is 95.1 Å². The van der Waals surface area contributed by atoms with Crippen molar-refractivity contribution in [2.24, 2.45) is 0 Å². The number of carbonyl (C=O) groups excluding carboxylic acids is 2. The van der Waals surface area contributed by atoms with Crippen LogP contribution in [0.4, 0.5) is 23.7 Å². The van der Waals surface area contributed by atoms with E-state index in [1.807, 2.05) is 17.0 Å². The first kappa shape index (κ1) is 28.6. The molecule has 1 aliphatic heterocycles. The second-order valence-corrected chi connectivity index (χ2v) is 9.46. The molecule has 208 valence electrons. The van der Waals surface area contributed by atoms with Crippen LogP contribution in [0.5, 0.6) is 0 Å². The minimum absolute atomic E-state index is 0.185. The molecule has 0 atom stereocenters. The van der Waals surface area contributed by atoms with Gasteiger partial charge in [-0.15, -0.1) is 0 Å². The number of pyridine rings is 1. The van der Waals surface area contributed by atoms with Gasteiger partial charge in [0, 0.05) is 74.8 Å². The van der Waals surface area contributed by atoms with Crippen molar-refractivity contribution in [1.29, 1.82) is 0 Å². The molecule has 3 aromatic rings. The second kappa shape index (κ2) is 13.6. The van der Waals surface area contributed by atoms with Crippen molar-refractivity contribution >= 4 is 17.6 Å². The van der Waals surface area contributed by atoms with E-state index in [2.05, 4.69) is 32.8 Å². The number of hydrogen-bond acceptors (Lipinski definition) is 4. The number of carbonyl (C=O) groups is 2. The van der Waals surface area contributed by atoms with E-state index in [-0.39, 0.29) is 44.2 Å². The van der Waals surface area contributed by atoms with E-state index >= 15 is 0 Å². The molecule has 0 radical (unpaired) electrons. The number of halogens is 3. The van der Waals surface area contributed by atoms with E-state index in [4.69, 9.17) is 0 Å². The molecule has 3 N–H and O–H groups in total. The lowest BCUT2D eigenvalue weighted by molar-refractivity contribution is -0.0547. The van der Waals surface area contributed by atoms with Gasteiger partial charge in [-0.3, -0.25) is 9.78 Å². The Bertz CT molecular complexity index is 1360. The number of nitrogens with one attached hydrogen (secondary N) is 3. The highest BCUT2D eigenvalue weighted by Gasteiger charge is 2.33. The summed E-state index contributed by atoms with van der Waals surface area (Å²) in [6, 6.07) is 13.8. The minimum Gasteiger partial charge on any atom is -0.351 e. The molecule has 0 bridgehead atoms. The third-order valence-corrected chi connectivity index (χ3v) is 6.43.